The van der Waals surface area contributed by atoms with Gasteiger partial charge >= 0.3 is 0 Å². The molecule has 2 heteroatoms. The quantitative estimate of drug-likeness (QED) is 0.425. The van der Waals surface area contributed by atoms with E-state index < -0.39 is 0 Å². The van der Waals surface area contributed by atoms with Crippen LogP contribution in [0.3, 0.4) is 0 Å². The van der Waals surface area contributed by atoms with E-state index in [0.29, 0.717) is 12.2 Å². The molecule has 3 aromatic rings. The fourth-order valence-corrected chi connectivity index (χ4v) is 2.59. The first-order valence-electron chi connectivity index (χ1n) is 8.61. The molecule has 0 spiro atoms. The summed E-state index contributed by atoms with van der Waals surface area (Å²) in [6.07, 6.45) is 1.90. The van der Waals surface area contributed by atoms with Gasteiger partial charge in [0.15, 0.2) is 0 Å². The van der Waals surface area contributed by atoms with Gasteiger partial charge in [0.05, 0.1) is 11.6 Å². The zero-order valence-corrected chi connectivity index (χ0v) is 15.1. The second-order valence-corrected chi connectivity index (χ2v) is 6.38. The maximum Gasteiger partial charge on any atom is 0.119 e. The molecule has 0 fully saturated rings. The summed E-state index contributed by atoms with van der Waals surface area (Å²) in [5.74, 6) is 0.816. The van der Waals surface area contributed by atoms with Crippen LogP contribution in [0.4, 0.5) is 0 Å². The summed E-state index contributed by atoms with van der Waals surface area (Å²) in [4.78, 5) is 0. The number of hydrogen-bond acceptors (Lipinski definition) is 2. The Labute approximate surface area is 155 Å². The SMILES string of the molecule is Cc1ccc(COc2ccc(/C=C(\C#N)c3ccc(C)cc3)cc2)cc1. The van der Waals surface area contributed by atoms with Gasteiger partial charge in [-0.2, -0.15) is 5.26 Å². The standard InChI is InChI=1S/C24H21NO/c1-18-3-7-21(8-4-18)17-26-24-13-9-20(10-14-24)15-23(16-25)22-11-5-19(2)6-12-22/h3-15H,17H2,1-2H3/b23-15+. The fourth-order valence-electron chi connectivity index (χ4n) is 2.59. The Kier molecular flexibility index (Phi) is 5.51. The van der Waals surface area contributed by atoms with Crippen molar-refractivity contribution >= 4 is 11.6 Å². The topological polar surface area (TPSA) is 33.0 Å². The normalized spacial score (nSPS) is 11.0. The predicted octanol–water partition coefficient (Wildman–Crippen LogP) is 5.95. The Morgan fingerprint density at radius 1 is 0.846 bits per heavy atom. The Hall–Kier alpha value is -3.31. The third kappa shape index (κ3) is 4.62. The van der Waals surface area contributed by atoms with Crippen LogP contribution >= 0.6 is 0 Å². The molecule has 26 heavy (non-hydrogen) atoms. The Bertz CT molecular complexity index is 928. The van der Waals surface area contributed by atoms with Crippen LogP contribution in [0.15, 0.2) is 72.8 Å². The van der Waals surface area contributed by atoms with E-state index in [-0.39, 0.29) is 0 Å². The summed E-state index contributed by atoms with van der Waals surface area (Å²) in [5, 5.41) is 9.45. The van der Waals surface area contributed by atoms with Crippen molar-refractivity contribution in [1.82, 2.24) is 0 Å². The number of aryl methyl sites for hydroxylation is 2. The molecule has 0 aliphatic heterocycles. The van der Waals surface area contributed by atoms with Crippen LogP contribution in [0.5, 0.6) is 5.75 Å². The first-order chi connectivity index (χ1) is 12.6. The van der Waals surface area contributed by atoms with Gasteiger partial charge in [-0.05, 0) is 48.7 Å². The first kappa shape index (κ1) is 17.5. The zero-order chi connectivity index (χ0) is 18.4. The van der Waals surface area contributed by atoms with Gasteiger partial charge in [-0.3, -0.25) is 0 Å². The lowest BCUT2D eigenvalue weighted by molar-refractivity contribution is 0.306. The van der Waals surface area contributed by atoms with Crippen LogP contribution in [-0.4, -0.2) is 0 Å². The molecule has 0 atom stereocenters. The fraction of sp³-hybridized carbons (Fsp3) is 0.125. The Morgan fingerprint density at radius 2 is 1.42 bits per heavy atom. The third-order valence-electron chi connectivity index (χ3n) is 4.20. The van der Waals surface area contributed by atoms with Crippen LogP contribution in [0.2, 0.25) is 0 Å². The van der Waals surface area contributed by atoms with Gasteiger partial charge in [0.25, 0.3) is 0 Å². The van der Waals surface area contributed by atoms with Crippen molar-refractivity contribution in [3.63, 3.8) is 0 Å². The molecule has 3 rings (SSSR count). The number of nitriles is 1. The maximum absolute atomic E-state index is 9.45. The van der Waals surface area contributed by atoms with Gasteiger partial charge < -0.3 is 4.74 Å². The molecule has 0 saturated carbocycles. The van der Waals surface area contributed by atoms with Crippen molar-refractivity contribution in [2.24, 2.45) is 0 Å². The lowest BCUT2D eigenvalue weighted by Crippen LogP contribution is -1.95. The highest BCUT2D eigenvalue weighted by Gasteiger charge is 2.02. The minimum absolute atomic E-state index is 0.544. The largest absolute Gasteiger partial charge is 0.489 e. The molecule has 3 aromatic carbocycles. The van der Waals surface area contributed by atoms with Crippen molar-refractivity contribution in [2.75, 3.05) is 0 Å². The average molecular weight is 339 g/mol. The molecule has 0 heterocycles. The number of allylic oxidation sites excluding steroid dienone is 1. The molecule has 0 bridgehead atoms. The van der Waals surface area contributed by atoms with Gasteiger partial charge in [0, 0.05) is 0 Å². The third-order valence-corrected chi connectivity index (χ3v) is 4.20. The highest BCUT2D eigenvalue weighted by molar-refractivity contribution is 5.89. The predicted molar refractivity (Wildman–Crippen MR) is 107 cm³/mol. The Morgan fingerprint density at radius 3 is 2.00 bits per heavy atom. The van der Waals surface area contributed by atoms with E-state index >= 15 is 0 Å². The first-order valence-corrected chi connectivity index (χ1v) is 8.61. The summed E-state index contributed by atoms with van der Waals surface area (Å²) in [6, 6.07) is 26.4. The van der Waals surface area contributed by atoms with Gasteiger partial charge in [0.2, 0.25) is 0 Å². The van der Waals surface area contributed by atoms with E-state index in [1.807, 2.05) is 61.5 Å². The second kappa shape index (κ2) is 8.18. The summed E-state index contributed by atoms with van der Waals surface area (Å²) < 4.78 is 5.83. The summed E-state index contributed by atoms with van der Waals surface area (Å²) in [5.41, 5.74) is 6.12. The van der Waals surface area contributed by atoms with Gasteiger partial charge in [-0.25, -0.2) is 0 Å². The van der Waals surface area contributed by atoms with Crippen LogP contribution in [0.1, 0.15) is 27.8 Å². The van der Waals surface area contributed by atoms with Crippen LogP contribution < -0.4 is 4.74 Å². The van der Waals surface area contributed by atoms with Crippen LogP contribution in [0, 0.1) is 25.2 Å². The number of benzene rings is 3. The number of nitrogens with zero attached hydrogens (tertiary/aromatic N) is 1. The molecule has 2 nitrogen and oxygen atoms in total. The van der Waals surface area contributed by atoms with Crippen molar-refractivity contribution in [3.8, 4) is 11.8 Å². The lowest BCUT2D eigenvalue weighted by atomic mass is 10.0. The van der Waals surface area contributed by atoms with E-state index in [1.54, 1.807) is 0 Å². The monoisotopic (exact) mass is 339 g/mol. The molecule has 0 unspecified atom stereocenters. The molecule has 0 saturated heterocycles. The van der Waals surface area contributed by atoms with E-state index in [2.05, 4.69) is 37.3 Å². The van der Waals surface area contributed by atoms with E-state index in [4.69, 9.17) is 4.74 Å². The minimum Gasteiger partial charge on any atom is -0.489 e. The minimum atomic E-state index is 0.544. The average Bonchev–Trinajstić information content (AvgIpc) is 2.67. The molecule has 0 aliphatic carbocycles. The molecule has 0 amide bonds. The summed E-state index contributed by atoms with van der Waals surface area (Å²) in [7, 11) is 0. The molecule has 0 aromatic heterocycles. The molecule has 0 N–H and O–H groups in total. The number of rotatable bonds is 5. The zero-order valence-electron chi connectivity index (χ0n) is 15.1. The van der Waals surface area contributed by atoms with Crippen molar-refractivity contribution in [2.45, 2.75) is 20.5 Å². The highest BCUT2D eigenvalue weighted by Crippen LogP contribution is 2.20. The molecular weight excluding hydrogens is 318 g/mol. The smallest absolute Gasteiger partial charge is 0.119 e. The van der Waals surface area contributed by atoms with Crippen molar-refractivity contribution in [1.29, 1.82) is 5.26 Å². The van der Waals surface area contributed by atoms with Crippen molar-refractivity contribution < 1.29 is 4.74 Å². The van der Waals surface area contributed by atoms with E-state index in [1.165, 1.54) is 11.1 Å². The molecule has 0 aliphatic rings. The maximum atomic E-state index is 9.45. The number of hydrogen-bond donors (Lipinski definition) is 0. The second-order valence-electron chi connectivity index (χ2n) is 6.38. The highest BCUT2D eigenvalue weighted by atomic mass is 16.5. The van der Waals surface area contributed by atoms with Crippen LogP contribution in [-0.2, 0) is 6.61 Å². The van der Waals surface area contributed by atoms with E-state index in [9.17, 15) is 5.26 Å². The summed E-state index contributed by atoms with van der Waals surface area (Å²) >= 11 is 0. The Balaban J connectivity index is 1.69. The molecular formula is C24H21NO. The number of ether oxygens (including phenoxy) is 1. The molecule has 0 radical (unpaired) electrons. The van der Waals surface area contributed by atoms with Gasteiger partial charge in [0.1, 0.15) is 12.4 Å². The van der Waals surface area contributed by atoms with Crippen molar-refractivity contribution in [3.05, 3.63) is 101 Å². The van der Waals surface area contributed by atoms with Gasteiger partial charge in [-0.15, -0.1) is 0 Å². The summed E-state index contributed by atoms with van der Waals surface area (Å²) in [6.45, 7) is 4.65. The van der Waals surface area contributed by atoms with E-state index in [0.717, 1.165) is 22.4 Å². The van der Waals surface area contributed by atoms with Gasteiger partial charge in [-0.1, -0.05) is 71.8 Å². The lowest BCUT2D eigenvalue weighted by Gasteiger charge is -2.07. The molecule has 128 valence electrons. The van der Waals surface area contributed by atoms with Crippen LogP contribution in [0.25, 0.3) is 11.6 Å².